The molecule has 2 rings (SSSR count). The third kappa shape index (κ3) is 2.88. The predicted octanol–water partition coefficient (Wildman–Crippen LogP) is 3.34. The van der Waals surface area contributed by atoms with Crippen LogP contribution in [0, 0.1) is 6.92 Å². The predicted molar refractivity (Wildman–Crippen MR) is 70.7 cm³/mol. The Morgan fingerprint density at radius 3 is 2.65 bits per heavy atom. The SMILES string of the molecule is Cc1ncc(/C=C(\CCl)c2ccc(N)cc2)o1. The summed E-state index contributed by atoms with van der Waals surface area (Å²) in [5.41, 5.74) is 8.38. The number of hydrogen-bond donors (Lipinski definition) is 1. The summed E-state index contributed by atoms with van der Waals surface area (Å²) in [5.74, 6) is 1.75. The highest BCUT2D eigenvalue weighted by Crippen LogP contribution is 2.21. The van der Waals surface area contributed by atoms with Crippen molar-refractivity contribution in [1.82, 2.24) is 4.98 Å². The van der Waals surface area contributed by atoms with Gasteiger partial charge in [-0.15, -0.1) is 11.6 Å². The number of halogens is 1. The first-order valence-corrected chi connectivity index (χ1v) is 5.77. The molecule has 0 bridgehead atoms. The Labute approximate surface area is 105 Å². The molecule has 1 heterocycles. The number of anilines is 1. The standard InChI is InChI=1S/C13H13ClN2O/c1-9-16-8-13(17-9)6-11(7-14)10-2-4-12(15)5-3-10/h2-6,8H,7,15H2,1H3/b11-6+. The first-order valence-electron chi connectivity index (χ1n) is 5.24. The van der Waals surface area contributed by atoms with E-state index < -0.39 is 0 Å². The van der Waals surface area contributed by atoms with Gasteiger partial charge in [0, 0.05) is 18.5 Å². The number of allylic oxidation sites excluding steroid dienone is 1. The molecule has 0 saturated carbocycles. The molecule has 0 aliphatic heterocycles. The number of nitrogen functional groups attached to an aromatic ring is 1. The molecule has 88 valence electrons. The Hall–Kier alpha value is -1.74. The number of nitrogens with two attached hydrogens (primary N) is 1. The Bertz CT molecular complexity index is 529. The third-order valence-electron chi connectivity index (χ3n) is 2.38. The molecule has 0 unspecified atom stereocenters. The van der Waals surface area contributed by atoms with E-state index in [1.54, 1.807) is 13.1 Å². The van der Waals surface area contributed by atoms with Crippen LogP contribution in [0.3, 0.4) is 0 Å². The minimum Gasteiger partial charge on any atom is -0.442 e. The zero-order valence-electron chi connectivity index (χ0n) is 9.48. The van der Waals surface area contributed by atoms with E-state index in [0.717, 1.165) is 16.8 Å². The molecule has 0 saturated heterocycles. The number of aryl methyl sites for hydroxylation is 1. The molecule has 0 aliphatic carbocycles. The van der Waals surface area contributed by atoms with Gasteiger partial charge in [-0.05, 0) is 29.3 Å². The number of rotatable bonds is 3. The first kappa shape index (κ1) is 11.7. The van der Waals surface area contributed by atoms with Crippen molar-refractivity contribution >= 4 is 28.9 Å². The molecule has 1 aromatic heterocycles. The van der Waals surface area contributed by atoms with Crippen LogP contribution in [0.15, 0.2) is 34.9 Å². The van der Waals surface area contributed by atoms with Gasteiger partial charge in [0.2, 0.25) is 0 Å². The molecule has 0 radical (unpaired) electrons. The van der Waals surface area contributed by atoms with Gasteiger partial charge in [-0.2, -0.15) is 0 Å². The number of nitrogens with zero attached hydrogens (tertiary/aromatic N) is 1. The lowest BCUT2D eigenvalue weighted by Gasteiger charge is -2.03. The topological polar surface area (TPSA) is 52.0 Å². The van der Waals surface area contributed by atoms with Crippen molar-refractivity contribution in [2.45, 2.75) is 6.92 Å². The maximum Gasteiger partial charge on any atom is 0.191 e. The number of oxazole rings is 1. The molecule has 0 amide bonds. The van der Waals surface area contributed by atoms with Gasteiger partial charge in [0.1, 0.15) is 5.76 Å². The smallest absolute Gasteiger partial charge is 0.191 e. The van der Waals surface area contributed by atoms with Gasteiger partial charge in [-0.3, -0.25) is 0 Å². The van der Waals surface area contributed by atoms with E-state index in [-0.39, 0.29) is 0 Å². The fourth-order valence-electron chi connectivity index (χ4n) is 1.51. The lowest BCUT2D eigenvalue weighted by molar-refractivity contribution is 0.513. The van der Waals surface area contributed by atoms with Gasteiger partial charge in [0.15, 0.2) is 5.89 Å². The molecule has 17 heavy (non-hydrogen) atoms. The van der Waals surface area contributed by atoms with Crippen molar-refractivity contribution in [3.05, 3.63) is 47.7 Å². The monoisotopic (exact) mass is 248 g/mol. The maximum atomic E-state index is 5.94. The first-order chi connectivity index (χ1) is 8.19. The van der Waals surface area contributed by atoms with Crippen molar-refractivity contribution in [3.8, 4) is 0 Å². The second-order valence-electron chi connectivity index (χ2n) is 3.71. The molecule has 2 N–H and O–H groups in total. The van der Waals surface area contributed by atoms with Crippen LogP contribution in [0.1, 0.15) is 17.2 Å². The van der Waals surface area contributed by atoms with Crippen LogP contribution in [-0.4, -0.2) is 10.9 Å². The van der Waals surface area contributed by atoms with Gasteiger partial charge < -0.3 is 10.2 Å². The summed E-state index contributed by atoms with van der Waals surface area (Å²) in [4.78, 5) is 4.04. The summed E-state index contributed by atoms with van der Waals surface area (Å²) in [7, 11) is 0. The molecule has 0 fully saturated rings. The van der Waals surface area contributed by atoms with E-state index in [1.165, 1.54) is 0 Å². The molecule has 0 atom stereocenters. The van der Waals surface area contributed by atoms with Gasteiger partial charge in [-0.1, -0.05) is 12.1 Å². The fourth-order valence-corrected chi connectivity index (χ4v) is 1.74. The van der Waals surface area contributed by atoms with Crippen LogP contribution < -0.4 is 5.73 Å². The van der Waals surface area contributed by atoms with Crippen molar-refractivity contribution in [2.24, 2.45) is 0 Å². The van der Waals surface area contributed by atoms with Crippen LogP contribution in [0.2, 0.25) is 0 Å². The molecular formula is C13H13ClN2O. The quantitative estimate of drug-likeness (QED) is 0.670. The molecule has 1 aromatic carbocycles. The lowest BCUT2D eigenvalue weighted by atomic mass is 10.1. The molecule has 3 nitrogen and oxygen atoms in total. The van der Waals surface area contributed by atoms with Gasteiger partial charge in [0.25, 0.3) is 0 Å². The second-order valence-corrected chi connectivity index (χ2v) is 3.97. The van der Waals surface area contributed by atoms with Crippen LogP contribution in [0.25, 0.3) is 11.6 Å². The average molecular weight is 249 g/mol. The number of alkyl halides is 1. The van der Waals surface area contributed by atoms with E-state index >= 15 is 0 Å². The van der Waals surface area contributed by atoms with Gasteiger partial charge in [0.05, 0.1) is 6.20 Å². The zero-order chi connectivity index (χ0) is 12.3. The van der Waals surface area contributed by atoms with E-state index in [4.69, 9.17) is 21.8 Å². The van der Waals surface area contributed by atoms with E-state index in [9.17, 15) is 0 Å². The number of aromatic nitrogens is 1. The van der Waals surface area contributed by atoms with Crippen LogP contribution in [-0.2, 0) is 0 Å². The van der Waals surface area contributed by atoms with Crippen LogP contribution >= 0.6 is 11.6 Å². The Balaban J connectivity index is 2.33. The molecule has 4 heteroatoms. The average Bonchev–Trinajstić information content (AvgIpc) is 2.73. The number of benzene rings is 1. The van der Waals surface area contributed by atoms with Crippen molar-refractivity contribution in [3.63, 3.8) is 0 Å². The maximum absolute atomic E-state index is 5.94. The van der Waals surface area contributed by atoms with Crippen LogP contribution in [0.5, 0.6) is 0 Å². The van der Waals surface area contributed by atoms with Crippen LogP contribution in [0.4, 0.5) is 5.69 Å². The van der Waals surface area contributed by atoms with E-state index in [1.807, 2.05) is 30.3 Å². The molecule has 2 aromatic rings. The van der Waals surface area contributed by atoms with Crippen molar-refractivity contribution in [2.75, 3.05) is 11.6 Å². The van der Waals surface area contributed by atoms with Crippen molar-refractivity contribution < 1.29 is 4.42 Å². The van der Waals surface area contributed by atoms with E-state index in [2.05, 4.69) is 4.98 Å². The molecule has 0 aliphatic rings. The summed E-state index contributed by atoms with van der Waals surface area (Å²) in [5, 5.41) is 0. The van der Waals surface area contributed by atoms with Gasteiger partial charge >= 0.3 is 0 Å². The largest absolute Gasteiger partial charge is 0.442 e. The normalized spacial score (nSPS) is 11.8. The lowest BCUT2D eigenvalue weighted by Crippen LogP contribution is -1.88. The summed E-state index contributed by atoms with van der Waals surface area (Å²) in [6, 6.07) is 7.57. The summed E-state index contributed by atoms with van der Waals surface area (Å²) in [6.45, 7) is 1.81. The summed E-state index contributed by atoms with van der Waals surface area (Å²) >= 11 is 5.94. The Morgan fingerprint density at radius 1 is 1.41 bits per heavy atom. The van der Waals surface area contributed by atoms with Crippen molar-refractivity contribution in [1.29, 1.82) is 0 Å². The summed E-state index contributed by atoms with van der Waals surface area (Å²) in [6.07, 6.45) is 3.57. The third-order valence-corrected chi connectivity index (χ3v) is 2.67. The highest BCUT2D eigenvalue weighted by atomic mass is 35.5. The highest BCUT2D eigenvalue weighted by molar-refractivity contribution is 6.24. The Kier molecular flexibility index (Phi) is 3.49. The highest BCUT2D eigenvalue weighted by Gasteiger charge is 2.03. The fraction of sp³-hybridized carbons (Fsp3) is 0.154. The molecule has 0 spiro atoms. The minimum absolute atomic E-state index is 0.406. The summed E-state index contributed by atoms with van der Waals surface area (Å²) < 4.78 is 5.39. The minimum atomic E-state index is 0.406. The zero-order valence-corrected chi connectivity index (χ0v) is 10.2. The molecular weight excluding hydrogens is 236 g/mol. The number of hydrogen-bond acceptors (Lipinski definition) is 3. The second kappa shape index (κ2) is 5.06. The van der Waals surface area contributed by atoms with E-state index in [0.29, 0.717) is 17.5 Å². The Morgan fingerprint density at radius 2 is 2.12 bits per heavy atom. The van der Waals surface area contributed by atoms with Gasteiger partial charge in [-0.25, -0.2) is 4.98 Å².